The van der Waals surface area contributed by atoms with E-state index in [2.05, 4.69) is 10.2 Å². The van der Waals surface area contributed by atoms with Gasteiger partial charge in [-0.15, -0.1) is 0 Å². The van der Waals surface area contributed by atoms with Gasteiger partial charge in [-0.1, -0.05) is 24.3 Å². The molecule has 1 unspecified atom stereocenters. The Hall–Kier alpha value is -4.37. The highest BCUT2D eigenvalue weighted by atomic mass is 19.1. The molecule has 2 amide bonds. The first-order valence-electron chi connectivity index (χ1n) is 12.8. The molecule has 1 fully saturated rings. The Balaban J connectivity index is 1.51. The molecular formula is C30H29FN4O4. The van der Waals surface area contributed by atoms with E-state index < -0.39 is 11.7 Å². The van der Waals surface area contributed by atoms with Crippen molar-refractivity contribution in [2.45, 2.75) is 12.3 Å². The fraction of sp³-hybridized carbons (Fsp3) is 0.267. The van der Waals surface area contributed by atoms with Gasteiger partial charge in [-0.05, 0) is 66.2 Å². The van der Waals surface area contributed by atoms with Gasteiger partial charge in [0.05, 0.1) is 24.9 Å². The minimum Gasteiger partial charge on any atom is -0.469 e. The third-order valence-electron chi connectivity index (χ3n) is 7.07. The highest BCUT2D eigenvalue weighted by Crippen LogP contribution is 2.37. The zero-order valence-corrected chi connectivity index (χ0v) is 21.8. The zero-order chi connectivity index (χ0) is 27.5. The number of hydrogen-bond acceptors (Lipinski definition) is 6. The van der Waals surface area contributed by atoms with Crippen LogP contribution in [0.1, 0.15) is 33.0 Å². The van der Waals surface area contributed by atoms with Gasteiger partial charge in [0.15, 0.2) is 0 Å². The number of nitrogens with zero attached hydrogens (tertiary/aromatic N) is 3. The van der Waals surface area contributed by atoms with Gasteiger partial charge in [0.1, 0.15) is 11.7 Å². The number of carbonyl (C=O) groups excluding carboxylic acids is 3. The van der Waals surface area contributed by atoms with Gasteiger partial charge in [-0.2, -0.15) is 0 Å². The number of hydrogen-bond donors (Lipinski definition) is 1. The molecule has 0 saturated carbocycles. The van der Waals surface area contributed by atoms with Gasteiger partial charge in [-0.3, -0.25) is 19.4 Å². The van der Waals surface area contributed by atoms with E-state index in [1.807, 2.05) is 18.0 Å². The summed E-state index contributed by atoms with van der Waals surface area (Å²) < 4.78 is 18.7. The van der Waals surface area contributed by atoms with Crippen molar-refractivity contribution < 1.29 is 23.5 Å². The van der Waals surface area contributed by atoms with Gasteiger partial charge in [0, 0.05) is 37.4 Å². The number of piperazine rings is 1. The summed E-state index contributed by atoms with van der Waals surface area (Å²) in [6.07, 6.45) is 0.0688. The Kier molecular flexibility index (Phi) is 7.51. The van der Waals surface area contributed by atoms with Gasteiger partial charge in [-0.25, -0.2) is 4.39 Å². The van der Waals surface area contributed by atoms with Crippen LogP contribution in [-0.2, 0) is 20.7 Å². The number of aliphatic imine (C=N–C) groups is 1. The molecule has 200 valence electrons. The Morgan fingerprint density at radius 3 is 2.46 bits per heavy atom. The fourth-order valence-electron chi connectivity index (χ4n) is 4.89. The number of fused-ring (bicyclic) bond motifs is 1. The molecule has 39 heavy (non-hydrogen) atoms. The maximum absolute atomic E-state index is 13.9. The molecule has 3 aromatic carbocycles. The molecule has 0 spiro atoms. The number of anilines is 1. The maximum atomic E-state index is 13.9. The lowest BCUT2D eigenvalue weighted by Gasteiger charge is -2.32. The van der Waals surface area contributed by atoms with E-state index in [0.717, 1.165) is 13.1 Å². The maximum Gasteiger partial charge on any atom is 0.309 e. The van der Waals surface area contributed by atoms with E-state index in [4.69, 9.17) is 9.73 Å². The van der Waals surface area contributed by atoms with Crippen molar-refractivity contribution in [1.82, 2.24) is 9.80 Å². The third kappa shape index (κ3) is 5.73. The Morgan fingerprint density at radius 2 is 1.74 bits per heavy atom. The molecule has 1 saturated heterocycles. The zero-order valence-electron chi connectivity index (χ0n) is 21.8. The van der Waals surface area contributed by atoms with Crippen molar-refractivity contribution in [2.24, 2.45) is 4.99 Å². The van der Waals surface area contributed by atoms with Crippen LogP contribution in [0.4, 0.5) is 15.8 Å². The summed E-state index contributed by atoms with van der Waals surface area (Å²) in [5, 5.41) is 2.76. The second-order valence-electron chi connectivity index (χ2n) is 9.75. The number of halogens is 1. The summed E-state index contributed by atoms with van der Waals surface area (Å²) in [6, 6.07) is 18.4. The number of methoxy groups -OCH3 is 1. The van der Waals surface area contributed by atoms with Crippen LogP contribution < -0.4 is 5.32 Å². The molecule has 9 heteroatoms. The number of ether oxygens (including phenoxy) is 1. The molecule has 2 aliphatic rings. The summed E-state index contributed by atoms with van der Waals surface area (Å²) in [4.78, 5) is 46.9. The van der Waals surface area contributed by atoms with E-state index >= 15 is 0 Å². The van der Waals surface area contributed by atoms with E-state index in [0.29, 0.717) is 52.4 Å². The highest BCUT2D eigenvalue weighted by Gasteiger charge is 2.36. The van der Waals surface area contributed by atoms with Crippen LogP contribution in [0.5, 0.6) is 0 Å². The number of rotatable bonds is 6. The lowest BCUT2D eigenvalue weighted by Crippen LogP contribution is -2.47. The number of benzene rings is 3. The molecule has 0 bridgehead atoms. The quantitative estimate of drug-likeness (QED) is 0.388. The summed E-state index contributed by atoms with van der Waals surface area (Å²) in [7, 11) is 3.37. The summed E-state index contributed by atoms with van der Waals surface area (Å²) in [5.74, 6) is -1.98. The molecular weight excluding hydrogens is 499 g/mol. The Labute approximate surface area is 226 Å². The first-order valence-corrected chi connectivity index (χ1v) is 12.8. The van der Waals surface area contributed by atoms with Gasteiger partial charge < -0.3 is 19.9 Å². The lowest BCUT2D eigenvalue weighted by atomic mass is 9.89. The second-order valence-corrected chi connectivity index (χ2v) is 9.75. The normalized spacial score (nSPS) is 17.5. The average molecular weight is 529 g/mol. The van der Waals surface area contributed by atoms with Crippen LogP contribution in [0.2, 0.25) is 0 Å². The first kappa shape index (κ1) is 26.2. The topological polar surface area (TPSA) is 91.3 Å². The van der Waals surface area contributed by atoms with Gasteiger partial charge >= 0.3 is 5.97 Å². The van der Waals surface area contributed by atoms with E-state index in [1.165, 1.54) is 19.2 Å². The number of likely N-dealkylation sites (N-methyl/N-ethyl adjacent to an activating group) is 1. The van der Waals surface area contributed by atoms with Crippen molar-refractivity contribution in [3.8, 4) is 0 Å². The van der Waals surface area contributed by atoms with Crippen molar-refractivity contribution in [3.05, 3.63) is 94.8 Å². The highest BCUT2D eigenvalue weighted by molar-refractivity contribution is 6.24. The molecule has 3 aromatic rings. The number of nitrogens with one attached hydrogen (secondary N) is 1. The van der Waals surface area contributed by atoms with Crippen molar-refractivity contribution in [3.63, 3.8) is 0 Å². The average Bonchev–Trinajstić information content (AvgIpc) is 3.26. The molecule has 2 heterocycles. The minimum atomic E-state index is -0.791. The molecule has 1 N–H and O–H groups in total. The predicted octanol–water partition coefficient (Wildman–Crippen LogP) is 3.79. The van der Waals surface area contributed by atoms with Gasteiger partial charge in [0.2, 0.25) is 5.91 Å². The smallest absolute Gasteiger partial charge is 0.309 e. The predicted molar refractivity (Wildman–Crippen MR) is 146 cm³/mol. The Morgan fingerprint density at radius 1 is 1.00 bits per heavy atom. The fourth-order valence-corrected chi connectivity index (χ4v) is 4.89. The van der Waals surface area contributed by atoms with E-state index in [9.17, 15) is 18.8 Å². The number of amides is 2. The molecule has 0 radical (unpaired) electrons. The van der Waals surface area contributed by atoms with Gasteiger partial charge in [0.25, 0.3) is 5.91 Å². The van der Waals surface area contributed by atoms with Crippen molar-refractivity contribution in [2.75, 3.05) is 45.7 Å². The van der Waals surface area contributed by atoms with Crippen LogP contribution in [0.3, 0.4) is 0 Å². The monoisotopic (exact) mass is 528 g/mol. The van der Waals surface area contributed by atoms with Crippen LogP contribution in [0.15, 0.2) is 71.7 Å². The minimum absolute atomic E-state index is 0.0273. The number of esters is 1. The lowest BCUT2D eigenvalue weighted by molar-refractivity contribution is -0.139. The van der Waals surface area contributed by atoms with Crippen LogP contribution in [0, 0.1) is 5.82 Å². The summed E-state index contributed by atoms with van der Waals surface area (Å²) >= 11 is 0. The summed E-state index contributed by atoms with van der Waals surface area (Å²) in [6.45, 7) is 3.03. The number of carbonyl (C=O) groups is 3. The van der Waals surface area contributed by atoms with E-state index in [1.54, 1.807) is 48.5 Å². The first-order chi connectivity index (χ1) is 18.8. The molecule has 2 aliphatic heterocycles. The van der Waals surface area contributed by atoms with Crippen LogP contribution in [-0.4, -0.2) is 73.6 Å². The molecule has 0 aromatic heterocycles. The molecule has 0 aliphatic carbocycles. The van der Waals surface area contributed by atoms with Crippen molar-refractivity contribution >= 4 is 34.9 Å². The SMILES string of the molecule is COC(=O)Cc1cccc(C(=Nc2ccc(C(=O)N3CCN(C)CC3)cc2)C2C(=O)Nc3cc(F)ccc32)c1. The van der Waals surface area contributed by atoms with Crippen molar-refractivity contribution in [1.29, 1.82) is 0 Å². The molecule has 5 rings (SSSR count). The third-order valence-corrected chi connectivity index (χ3v) is 7.07. The standard InChI is InChI=1S/C30H29FN4O4/c1-34-12-14-35(15-13-34)30(38)20-6-9-23(10-7-20)32-28(21-5-3-4-19(16-21)17-26(36)39-2)27-24-11-8-22(31)18-25(24)33-29(27)37/h3-11,16,18,27H,12-15,17H2,1-2H3,(H,33,37). The molecule has 8 nitrogen and oxygen atoms in total. The van der Waals surface area contributed by atoms with Crippen LogP contribution >= 0.6 is 0 Å². The molecule has 1 atom stereocenters. The van der Waals surface area contributed by atoms with Crippen LogP contribution in [0.25, 0.3) is 0 Å². The second kappa shape index (κ2) is 11.2. The summed E-state index contributed by atoms with van der Waals surface area (Å²) in [5.41, 5.74) is 3.94. The van der Waals surface area contributed by atoms with E-state index in [-0.39, 0.29) is 24.2 Å². The largest absolute Gasteiger partial charge is 0.469 e. The Bertz CT molecular complexity index is 1450.